The van der Waals surface area contributed by atoms with E-state index >= 15 is 0 Å². The Bertz CT molecular complexity index is 908. The highest BCUT2D eigenvalue weighted by molar-refractivity contribution is 7.99. The molecule has 0 bridgehead atoms. The SMILES string of the molecule is CC(CCC(=O)NC=O)N1Cc2c(SCCCCCCCNC(C3CC3)C(F)(F)F)cccc2C1=O. The first-order valence-electron chi connectivity index (χ1n) is 12.8. The van der Waals surface area contributed by atoms with Gasteiger partial charge in [0.05, 0.1) is 0 Å². The summed E-state index contributed by atoms with van der Waals surface area (Å²) in [5.74, 6) is 0.306. The smallest absolute Gasteiger partial charge is 0.332 e. The minimum Gasteiger partial charge on any atom is -0.332 e. The van der Waals surface area contributed by atoms with Gasteiger partial charge in [-0.25, -0.2) is 0 Å². The fourth-order valence-electron chi connectivity index (χ4n) is 4.63. The van der Waals surface area contributed by atoms with Crippen molar-refractivity contribution in [3.63, 3.8) is 0 Å². The molecule has 0 saturated heterocycles. The van der Waals surface area contributed by atoms with Gasteiger partial charge in [0, 0.05) is 29.5 Å². The fourth-order valence-corrected chi connectivity index (χ4v) is 5.72. The Morgan fingerprint density at radius 3 is 2.61 bits per heavy atom. The average Bonchev–Trinajstić information content (AvgIpc) is 3.60. The molecule has 2 unspecified atom stereocenters. The highest BCUT2D eigenvalue weighted by Gasteiger charge is 2.48. The molecule has 1 aromatic carbocycles. The largest absolute Gasteiger partial charge is 0.404 e. The fraction of sp³-hybridized carbons (Fsp3) is 0.654. The van der Waals surface area contributed by atoms with Gasteiger partial charge in [0.1, 0.15) is 6.04 Å². The van der Waals surface area contributed by atoms with Crippen molar-refractivity contribution in [1.82, 2.24) is 15.5 Å². The van der Waals surface area contributed by atoms with Crippen LogP contribution in [0.1, 0.15) is 80.6 Å². The summed E-state index contributed by atoms with van der Waals surface area (Å²) in [4.78, 5) is 37.7. The summed E-state index contributed by atoms with van der Waals surface area (Å²) >= 11 is 1.73. The van der Waals surface area contributed by atoms with E-state index in [1.54, 1.807) is 16.7 Å². The van der Waals surface area contributed by atoms with Gasteiger partial charge in [-0.05, 0) is 74.9 Å². The molecule has 0 radical (unpaired) electrons. The number of amides is 3. The summed E-state index contributed by atoms with van der Waals surface area (Å²) in [6, 6.07) is 4.31. The second-order valence-corrected chi connectivity index (χ2v) is 10.9. The van der Waals surface area contributed by atoms with Crippen molar-refractivity contribution in [1.29, 1.82) is 0 Å². The average molecular weight is 528 g/mol. The molecule has 200 valence electrons. The number of nitrogens with zero attached hydrogens (tertiary/aromatic N) is 1. The summed E-state index contributed by atoms with van der Waals surface area (Å²) in [6.07, 6.45) is 2.93. The number of hydrogen-bond acceptors (Lipinski definition) is 5. The third-order valence-corrected chi connectivity index (χ3v) is 8.07. The standard InChI is InChI=1S/C26H36F3N3O3S/c1-18(10-13-23(34)31-17-33)32-16-21-20(25(32)35)8-7-9-22(21)36-15-6-4-2-3-5-14-30-24(19-11-12-19)26(27,28)29/h7-9,17-19,24,30H,2-6,10-16H2,1H3,(H,31,33,34). The van der Waals surface area contributed by atoms with Crippen molar-refractivity contribution in [2.45, 2.75) is 94.4 Å². The summed E-state index contributed by atoms with van der Waals surface area (Å²) in [6.45, 7) is 2.84. The molecule has 6 nitrogen and oxygen atoms in total. The molecule has 10 heteroatoms. The van der Waals surface area contributed by atoms with Crippen LogP contribution in [0.3, 0.4) is 0 Å². The predicted octanol–water partition coefficient (Wildman–Crippen LogP) is 5.06. The number of carbonyl (C=O) groups excluding carboxylic acids is 3. The third kappa shape index (κ3) is 8.23. The number of rotatable bonds is 16. The second-order valence-electron chi connectivity index (χ2n) is 9.72. The van der Waals surface area contributed by atoms with E-state index < -0.39 is 12.2 Å². The number of unbranched alkanes of at least 4 members (excludes halogenated alkanes) is 4. The number of imide groups is 1. The molecule has 2 N–H and O–H groups in total. The Morgan fingerprint density at radius 2 is 1.92 bits per heavy atom. The van der Waals surface area contributed by atoms with Crippen LogP contribution in [0, 0.1) is 5.92 Å². The molecule has 1 aliphatic heterocycles. The number of nitrogens with one attached hydrogen (secondary N) is 2. The van der Waals surface area contributed by atoms with Crippen LogP contribution < -0.4 is 10.6 Å². The maximum atomic E-state index is 13.0. The highest BCUT2D eigenvalue weighted by atomic mass is 32.2. The summed E-state index contributed by atoms with van der Waals surface area (Å²) < 4.78 is 39.0. The van der Waals surface area contributed by atoms with Gasteiger partial charge in [0.2, 0.25) is 12.3 Å². The molecule has 0 aromatic heterocycles. The van der Waals surface area contributed by atoms with E-state index in [9.17, 15) is 27.6 Å². The van der Waals surface area contributed by atoms with Gasteiger partial charge < -0.3 is 10.2 Å². The van der Waals surface area contributed by atoms with Gasteiger partial charge in [-0.3, -0.25) is 19.7 Å². The van der Waals surface area contributed by atoms with Crippen molar-refractivity contribution in [2.24, 2.45) is 5.92 Å². The maximum Gasteiger partial charge on any atom is 0.404 e. The van der Waals surface area contributed by atoms with Crippen LogP contribution in [0.15, 0.2) is 23.1 Å². The van der Waals surface area contributed by atoms with Crippen LogP contribution in [0.2, 0.25) is 0 Å². The molecule has 2 atom stereocenters. The Kier molecular flexibility index (Phi) is 10.7. The third-order valence-electron chi connectivity index (χ3n) is 6.88. The van der Waals surface area contributed by atoms with E-state index in [1.807, 2.05) is 25.1 Å². The number of fused-ring (bicyclic) bond motifs is 1. The first-order chi connectivity index (χ1) is 17.2. The minimum absolute atomic E-state index is 0.0289. The van der Waals surface area contributed by atoms with Crippen molar-refractivity contribution in [3.8, 4) is 0 Å². The molecule has 1 aliphatic carbocycles. The van der Waals surface area contributed by atoms with E-state index in [0.29, 0.717) is 44.3 Å². The lowest BCUT2D eigenvalue weighted by Gasteiger charge is -2.24. The predicted molar refractivity (Wildman–Crippen MR) is 134 cm³/mol. The lowest BCUT2D eigenvalue weighted by molar-refractivity contribution is -0.160. The molecule has 1 saturated carbocycles. The molecule has 36 heavy (non-hydrogen) atoms. The Labute approximate surface area is 215 Å². The molecular weight excluding hydrogens is 491 g/mol. The lowest BCUT2D eigenvalue weighted by Crippen LogP contribution is -2.44. The van der Waals surface area contributed by atoms with Crippen LogP contribution in [0.5, 0.6) is 0 Å². The first kappa shape index (κ1) is 28.5. The quantitative estimate of drug-likeness (QED) is 0.179. The molecule has 1 aromatic rings. The maximum absolute atomic E-state index is 13.0. The molecule has 3 amide bonds. The summed E-state index contributed by atoms with van der Waals surface area (Å²) in [5.41, 5.74) is 1.73. The first-order valence-corrected chi connectivity index (χ1v) is 13.8. The van der Waals surface area contributed by atoms with E-state index in [4.69, 9.17) is 0 Å². The number of thioether (sulfide) groups is 1. The van der Waals surface area contributed by atoms with E-state index in [0.717, 1.165) is 48.3 Å². The highest BCUT2D eigenvalue weighted by Crippen LogP contribution is 2.40. The number of benzene rings is 1. The van der Waals surface area contributed by atoms with Crippen LogP contribution in [-0.4, -0.2) is 53.7 Å². The Balaban J connectivity index is 1.34. The van der Waals surface area contributed by atoms with Gasteiger partial charge in [-0.15, -0.1) is 11.8 Å². The van der Waals surface area contributed by atoms with Crippen LogP contribution >= 0.6 is 11.8 Å². The zero-order chi connectivity index (χ0) is 26.1. The molecule has 2 aliphatic rings. The second kappa shape index (κ2) is 13.5. The number of carbonyl (C=O) groups is 3. The van der Waals surface area contributed by atoms with E-state index in [-0.39, 0.29) is 30.2 Å². The van der Waals surface area contributed by atoms with Crippen molar-refractivity contribution < 1.29 is 27.6 Å². The molecule has 0 spiro atoms. The van der Waals surface area contributed by atoms with Crippen LogP contribution in [0.4, 0.5) is 13.2 Å². The number of alkyl halides is 3. The lowest BCUT2D eigenvalue weighted by atomic mass is 10.1. The van der Waals surface area contributed by atoms with Crippen LogP contribution in [-0.2, 0) is 16.1 Å². The van der Waals surface area contributed by atoms with Gasteiger partial charge in [0.25, 0.3) is 5.91 Å². The molecule has 1 heterocycles. The summed E-state index contributed by atoms with van der Waals surface area (Å²) in [7, 11) is 0. The monoisotopic (exact) mass is 527 g/mol. The van der Waals surface area contributed by atoms with Gasteiger partial charge in [0.15, 0.2) is 0 Å². The normalized spacial score (nSPS) is 17.1. The van der Waals surface area contributed by atoms with E-state index in [2.05, 4.69) is 10.6 Å². The zero-order valence-corrected chi connectivity index (χ0v) is 21.6. The zero-order valence-electron chi connectivity index (χ0n) is 20.7. The molecule has 3 rings (SSSR count). The van der Waals surface area contributed by atoms with Crippen molar-refractivity contribution >= 4 is 30.0 Å². The minimum atomic E-state index is -4.15. The number of halogens is 3. The number of hydrogen-bond donors (Lipinski definition) is 2. The Hall–Kier alpha value is -2.07. The topological polar surface area (TPSA) is 78.5 Å². The summed E-state index contributed by atoms with van der Waals surface area (Å²) in [5, 5.41) is 4.83. The van der Waals surface area contributed by atoms with Crippen molar-refractivity contribution in [3.05, 3.63) is 29.3 Å². The van der Waals surface area contributed by atoms with E-state index in [1.165, 1.54) is 0 Å². The van der Waals surface area contributed by atoms with Gasteiger partial charge in [-0.2, -0.15) is 13.2 Å². The Morgan fingerprint density at radius 1 is 1.19 bits per heavy atom. The van der Waals surface area contributed by atoms with Gasteiger partial charge >= 0.3 is 6.18 Å². The molecule has 1 fully saturated rings. The van der Waals surface area contributed by atoms with Crippen LogP contribution in [0.25, 0.3) is 0 Å². The van der Waals surface area contributed by atoms with Crippen molar-refractivity contribution in [2.75, 3.05) is 12.3 Å². The van der Waals surface area contributed by atoms with Gasteiger partial charge in [-0.1, -0.05) is 25.3 Å². The molecular formula is C26H36F3N3O3S.